The van der Waals surface area contributed by atoms with Crippen molar-refractivity contribution in [3.63, 3.8) is 0 Å². The molecule has 1 atom stereocenters. The minimum Gasteiger partial charge on any atom is -0.496 e. The van der Waals surface area contributed by atoms with E-state index in [2.05, 4.69) is 5.32 Å². The summed E-state index contributed by atoms with van der Waals surface area (Å²) in [4.78, 5) is 12.2. The predicted octanol–water partition coefficient (Wildman–Crippen LogP) is 2.53. The first-order valence-corrected chi connectivity index (χ1v) is 7.25. The van der Waals surface area contributed by atoms with Crippen molar-refractivity contribution in [2.45, 2.75) is 50.6 Å². The minimum atomic E-state index is -0.301. The van der Waals surface area contributed by atoms with Crippen LogP contribution in [0, 0.1) is 0 Å². The summed E-state index contributed by atoms with van der Waals surface area (Å²) in [5.74, 6) is 0.816. The lowest BCUT2D eigenvalue weighted by molar-refractivity contribution is -0.122. The van der Waals surface area contributed by atoms with E-state index in [1.54, 1.807) is 7.11 Å². The number of benzene rings is 1. The molecule has 1 aromatic rings. The van der Waals surface area contributed by atoms with Crippen LogP contribution in [0.5, 0.6) is 5.75 Å². The fourth-order valence-electron chi connectivity index (χ4n) is 2.97. The molecule has 0 spiro atoms. The zero-order chi connectivity index (χ0) is 14.6. The average molecular weight is 276 g/mol. The Bertz CT molecular complexity index is 467. The second-order valence-corrected chi connectivity index (χ2v) is 5.78. The number of rotatable bonds is 5. The zero-order valence-electron chi connectivity index (χ0n) is 12.3. The topological polar surface area (TPSA) is 64.3 Å². The van der Waals surface area contributed by atoms with Crippen molar-refractivity contribution in [3.05, 3.63) is 29.8 Å². The van der Waals surface area contributed by atoms with E-state index in [0.717, 1.165) is 37.0 Å². The van der Waals surface area contributed by atoms with Crippen LogP contribution in [0.25, 0.3) is 0 Å². The number of ether oxygens (including phenoxy) is 1. The van der Waals surface area contributed by atoms with Crippen LogP contribution in [-0.2, 0) is 4.79 Å². The Balaban J connectivity index is 1.96. The first-order valence-electron chi connectivity index (χ1n) is 7.25. The number of carbonyl (C=O) groups is 1. The Hall–Kier alpha value is -1.55. The Labute approximate surface area is 120 Å². The summed E-state index contributed by atoms with van der Waals surface area (Å²) in [5, 5.41) is 3.02. The Morgan fingerprint density at radius 2 is 2.05 bits per heavy atom. The first kappa shape index (κ1) is 14.9. The van der Waals surface area contributed by atoms with Gasteiger partial charge in [0.15, 0.2) is 0 Å². The second-order valence-electron chi connectivity index (χ2n) is 5.78. The Kier molecular flexibility index (Phi) is 4.65. The van der Waals surface area contributed by atoms with E-state index in [1.807, 2.05) is 31.2 Å². The molecule has 1 aliphatic carbocycles. The molecule has 1 amide bonds. The normalized spacial score (nSPS) is 18.6. The first-order chi connectivity index (χ1) is 9.54. The van der Waals surface area contributed by atoms with Crippen LogP contribution >= 0.6 is 0 Å². The van der Waals surface area contributed by atoms with Gasteiger partial charge in [-0.15, -0.1) is 0 Å². The number of amides is 1. The van der Waals surface area contributed by atoms with Gasteiger partial charge in [-0.25, -0.2) is 0 Å². The average Bonchev–Trinajstić information content (AvgIpc) is 2.84. The molecule has 4 heteroatoms. The number of para-hydroxylation sites is 1. The smallest absolute Gasteiger partial charge is 0.222 e. The zero-order valence-corrected chi connectivity index (χ0v) is 12.3. The molecule has 3 N–H and O–H groups in total. The molecule has 2 rings (SSSR count). The molecule has 1 aromatic carbocycles. The third-order valence-corrected chi connectivity index (χ3v) is 4.09. The van der Waals surface area contributed by atoms with E-state index >= 15 is 0 Å². The van der Waals surface area contributed by atoms with Gasteiger partial charge in [0.05, 0.1) is 13.2 Å². The Morgan fingerprint density at radius 1 is 1.40 bits per heavy atom. The summed E-state index contributed by atoms with van der Waals surface area (Å²) in [6.07, 6.45) is 4.57. The summed E-state index contributed by atoms with van der Waals surface area (Å²) in [5.41, 5.74) is 6.93. The standard InChI is InChI=1S/C16H24N2O2/c1-12(13-7-3-4-8-14(13)20-2)18-15(19)11-16(17)9-5-6-10-16/h3-4,7-8,12H,5-6,9-11,17H2,1-2H3,(H,18,19)/t12-/m1/s1. The summed E-state index contributed by atoms with van der Waals surface area (Å²) in [6.45, 7) is 1.97. The van der Waals surface area contributed by atoms with Crippen LogP contribution in [-0.4, -0.2) is 18.6 Å². The van der Waals surface area contributed by atoms with Crippen molar-refractivity contribution < 1.29 is 9.53 Å². The van der Waals surface area contributed by atoms with Crippen molar-refractivity contribution in [3.8, 4) is 5.75 Å². The quantitative estimate of drug-likeness (QED) is 0.868. The van der Waals surface area contributed by atoms with Crippen molar-refractivity contribution in [2.75, 3.05) is 7.11 Å². The van der Waals surface area contributed by atoms with Crippen molar-refractivity contribution in [1.29, 1.82) is 0 Å². The van der Waals surface area contributed by atoms with Gasteiger partial charge in [-0.3, -0.25) is 4.79 Å². The number of methoxy groups -OCH3 is 1. The summed E-state index contributed by atoms with van der Waals surface area (Å²) in [7, 11) is 1.64. The molecule has 0 radical (unpaired) electrons. The van der Waals surface area contributed by atoms with Crippen LogP contribution in [0.15, 0.2) is 24.3 Å². The van der Waals surface area contributed by atoms with Gasteiger partial charge in [0.1, 0.15) is 5.75 Å². The van der Waals surface area contributed by atoms with E-state index in [-0.39, 0.29) is 17.5 Å². The van der Waals surface area contributed by atoms with Gasteiger partial charge < -0.3 is 15.8 Å². The van der Waals surface area contributed by atoms with Gasteiger partial charge in [0.25, 0.3) is 0 Å². The van der Waals surface area contributed by atoms with E-state index in [4.69, 9.17) is 10.5 Å². The highest BCUT2D eigenvalue weighted by Gasteiger charge is 2.32. The number of hydrogen-bond acceptors (Lipinski definition) is 3. The molecule has 0 saturated heterocycles. The van der Waals surface area contributed by atoms with Crippen LogP contribution < -0.4 is 15.8 Å². The van der Waals surface area contributed by atoms with Gasteiger partial charge in [-0.05, 0) is 25.8 Å². The van der Waals surface area contributed by atoms with Crippen molar-refractivity contribution >= 4 is 5.91 Å². The third kappa shape index (κ3) is 3.51. The largest absolute Gasteiger partial charge is 0.496 e. The maximum atomic E-state index is 12.2. The van der Waals surface area contributed by atoms with Crippen molar-refractivity contribution in [2.24, 2.45) is 5.73 Å². The lowest BCUT2D eigenvalue weighted by Gasteiger charge is -2.24. The van der Waals surface area contributed by atoms with Gasteiger partial charge in [-0.2, -0.15) is 0 Å². The maximum Gasteiger partial charge on any atom is 0.222 e. The van der Waals surface area contributed by atoms with Gasteiger partial charge in [0, 0.05) is 17.5 Å². The molecule has 0 aliphatic heterocycles. The Morgan fingerprint density at radius 3 is 2.70 bits per heavy atom. The minimum absolute atomic E-state index is 0.0211. The van der Waals surface area contributed by atoms with Gasteiger partial charge in [-0.1, -0.05) is 31.0 Å². The molecule has 110 valence electrons. The molecule has 1 fully saturated rings. The lowest BCUT2D eigenvalue weighted by atomic mass is 9.94. The maximum absolute atomic E-state index is 12.2. The highest BCUT2D eigenvalue weighted by molar-refractivity contribution is 5.77. The van der Waals surface area contributed by atoms with E-state index in [1.165, 1.54) is 0 Å². The van der Waals surface area contributed by atoms with E-state index in [0.29, 0.717) is 6.42 Å². The summed E-state index contributed by atoms with van der Waals surface area (Å²) in [6, 6.07) is 7.66. The fourth-order valence-corrected chi connectivity index (χ4v) is 2.97. The number of carbonyl (C=O) groups excluding carboxylic acids is 1. The second kappa shape index (κ2) is 6.27. The van der Waals surface area contributed by atoms with Gasteiger partial charge >= 0.3 is 0 Å². The SMILES string of the molecule is COc1ccccc1[C@@H](C)NC(=O)CC1(N)CCCC1. The summed E-state index contributed by atoms with van der Waals surface area (Å²) < 4.78 is 5.33. The highest BCUT2D eigenvalue weighted by atomic mass is 16.5. The van der Waals surface area contributed by atoms with E-state index < -0.39 is 0 Å². The summed E-state index contributed by atoms with van der Waals surface area (Å²) >= 11 is 0. The van der Waals surface area contributed by atoms with Crippen LogP contribution in [0.4, 0.5) is 0 Å². The molecular formula is C16H24N2O2. The monoisotopic (exact) mass is 276 g/mol. The number of nitrogens with one attached hydrogen (secondary N) is 1. The highest BCUT2D eigenvalue weighted by Crippen LogP contribution is 2.30. The number of nitrogens with two attached hydrogens (primary N) is 1. The molecule has 1 aliphatic rings. The molecule has 20 heavy (non-hydrogen) atoms. The van der Waals surface area contributed by atoms with Gasteiger partial charge in [0.2, 0.25) is 5.91 Å². The lowest BCUT2D eigenvalue weighted by Crippen LogP contribution is -2.42. The fraction of sp³-hybridized carbons (Fsp3) is 0.562. The molecule has 0 unspecified atom stereocenters. The number of hydrogen-bond donors (Lipinski definition) is 2. The van der Waals surface area contributed by atoms with E-state index in [9.17, 15) is 4.79 Å². The third-order valence-electron chi connectivity index (χ3n) is 4.09. The molecule has 0 bridgehead atoms. The van der Waals surface area contributed by atoms with Crippen LogP contribution in [0.2, 0.25) is 0 Å². The van der Waals surface area contributed by atoms with Crippen LogP contribution in [0.3, 0.4) is 0 Å². The molecule has 0 aromatic heterocycles. The molecular weight excluding hydrogens is 252 g/mol. The molecule has 1 saturated carbocycles. The predicted molar refractivity (Wildman–Crippen MR) is 79.6 cm³/mol. The van der Waals surface area contributed by atoms with Crippen molar-refractivity contribution in [1.82, 2.24) is 5.32 Å². The van der Waals surface area contributed by atoms with Crippen LogP contribution in [0.1, 0.15) is 50.6 Å². The molecule has 0 heterocycles. The molecule has 4 nitrogen and oxygen atoms in total.